The monoisotopic (exact) mass is 289 g/mol. The van der Waals surface area contributed by atoms with E-state index in [1.807, 2.05) is 56.1 Å². The Morgan fingerprint density at radius 2 is 1.95 bits per heavy atom. The summed E-state index contributed by atoms with van der Waals surface area (Å²) in [6, 6.07) is 7.85. The first-order valence-corrected chi connectivity index (χ1v) is 7.66. The van der Waals surface area contributed by atoms with Crippen molar-refractivity contribution in [1.82, 2.24) is 9.78 Å². The van der Waals surface area contributed by atoms with E-state index in [2.05, 4.69) is 10.4 Å². The fraction of sp³-hybridized carbons (Fsp3) is 0.333. The first kappa shape index (κ1) is 14.7. The molecule has 4 nitrogen and oxygen atoms in total. The molecule has 0 atom stereocenters. The van der Waals surface area contributed by atoms with E-state index in [9.17, 15) is 4.79 Å². The summed E-state index contributed by atoms with van der Waals surface area (Å²) in [5.41, 5.74) is 3.78. The molecule has 2 aromatic rings. The lowest BCUT2D eigenvalue weighted by Crippen LogP contribution is -2.15. The normalized spacial score (nSPS) is 10.6. The van der Waals surface area contributed by atoms with E-state index < -0.39 is 0 Å². The number of carbonyl (C=O) groups excluding carboxylic acids is 1. The van der Waals surface area contributed by atoms with Crippen LogP contribution in [-0.2, 0) is 18.3 Å². The van der Waals surface area contributed by atoms with Crippen molar-refractivity contribution in [2.24, 2.45) is 7.05 Å². The lowest BCUT2D eigenvalue weighted by molar-refractivity contribution is -0.115. The van der Waals surface area contributed by atoms with E-state index in [4.69, 9.17) is 0 Å². The predicted molar refractivity (Wildman–Crippen MR) is 83.2 cm³/mol. The van der Waals surface area contributed by atoms with Gasteiger partial charge in [-0.25, -0.2) is 0 Å². The van der Waals surface area contributed by atoms with Crippen LogP contribution in [0.15, 0.2) is 29.2 Å². The van der Waals surface area contributed by atoms with Crippen molar-refractivity contribution in [3.05, 3.63) is 41.2 Å². The maximum atomic E-state index is 12.1. The average molecular weight is 289 g/mol. The highest BCUT2D eigenvalue weighted by Crippen LogP contribution is 2.18. The molecular formula is C15H19N3OS. The molecule has 5 heteroatoms. The minimum absolute atomic E-state index is 0.0129. The third-order valence-corrected chi connectivity index (χ3v) is 4.11. The van der Waals surface area contributed by atoms with Gasteiger partial charge in [0.25, 0.3) is 0 Å². The van der Waals surface area contributed by atoms with E-state index in [0.717, 1.165) is 22.6 Å². The van der Waals surface area contributed by atoms with Crippen LogP contribution in [0.2, 0.25) is 0 Å². The second kappa shape index (κ2) is 6.13. The molecule has 0 saturated heterocycles. The molecule has 1 aromatic carbocycles. The molecule has 0 bridgehead atoms. The highest BCUT2D eigenvalue weighted by atomic mass is 32.2. The van der Waals surface area contributed by atoms with Gasteiger partial charge in [-0.15, -0.1) is 11.8 Å². The number of aryl methyl sites for hydroxylation is 2. The van der Waals surface area contributed by atoms with E-state index in [1.54, 1.807) is 11.8 Å². The number of hydrogen-bond donors (Lipinski definition) is 1. The Morgan fingerprint density at radius 3 is 2.45 bits per heavy atom. The standard InChI is InChI=1S/C15H19N3OS/c1-10-14(11(2)18(3)17-10)9-15(19)16-12-5-7-13(20-4)8-6-12/h5-8H,9H2,1-4H3,(H,16,19). The molecular weight excluding hydrogens is 270 g/mol. The van der Waals surface area contributed by atoms with Gasteiger partial charge in [-0.2, -0.15) is 5.10 Å². The molecule has 0 radical (unpaired) electrons. The van der Waals surface area contributed by atoms with Crippen LogP contribution in [0, 0.1) is 13.8 Å². The molecule has 1 aromatic heterocycles. The summed E-state index contributed by atoms with van der Waals surface area (Å²) < 4.78 is 1.81. The molecule has 0 aliphatic carbocycles. The number of aromatic nitrogens is 2. The molecule has 0 saturated carbocycles. The summed E-state index contributed by atoms with van der Waals surface area (Å²) in [6.45, 7) is 3.92. The molecule has 0 spiro atoms. The highest BCUT2D eigenvalue weighted by Gasteiger charge is 2.13. The highest BCUT2D eigenvalue weighted by molar-refractivity contribution is 7.98. The minimum atomic E-state index is -0.0129. The number of benzene rings is 1. The number of nitrogens with zero attached hydrogens (tertiary/aromatic N) is 2. The fourth-order valence-corrected chi connectivity index (χ4v) is 2.52. The van der Waals surface area contributed by atoms with Gasteiger partial charge in [-0.1, -0.05) is 0 Å². The summed E-state index contributed by atoms with van der Waals surface area (Å²) in [7, 11) is 1.89. The maximum Gasteiger partial charge on any atom is 0.228 e. The zero-order valence-electron chi connectivity index (χ0n) is 12.2. The van der Waals surface area contributed by atoms with Crippen LogP contribution in [0.1, 0.15) is 17.0 Å². The molecule has 20 heavy (non-hydrogen) atoms. The molecule has 0 unspecified atom stereocenters. The van der Waals surface area contributed by atoms with Crippen molar-refractivity contribution >= 4 is 23.4 Å². The summed E-state index contributed by atoms with van der Waals surface area (Å²) in [4.78, 5) is 13.3. The van der Waals surface area contributed by atoms with Crippen molar-refractivity contribution in [1.29, 1.82) is 0 Å². The average Bonchev–Trinajstić information content (AvgIpc) is 2.66. The third kappa shape index (κ3) is 3.22. The van der Waals surface area contributed by atoms with Crippen molar-refractivity contribution in [3.8, 4) is 0 Å². The lowest BCUT2D eigenvalue weighted by atomic mass is 10.1. The zero-order valence-corrected chi connectivity index (χ0v) is 13.0. The minimum Gasteiger partial charge on any atom is -0.326 e. The van der Waals surface area contributed by atoms with Gasteiger partial charge in [0.2, 0.25) is 5.91 Å². The molecule has 2 rings (SSSR count). The van der Waals surface area contributed by atoms with E-state index >= 15 is 0 Å². The van der Waals surface area contributed by atoms with Gasteiger partial charge in [-0.3, -0.25) is 9.48 Å². The van der Waals surface area contributed by atoms with Crippen molar-refractivity contribution in [2.75, 3.05) is 11.6 Å². The Morgan fingerprint density at radius 1 is 1.30 bits per heavy atom. The Kier molecular flexibility index (Phi) is 4.49. The first-order valence-electron chi connectivity index (χ1n) is 6.44. The molecule has 0 aliphatic rings. The largest absolute Gasteiger partial charge is 0.326 e. The Balaban J connectivity index is 2.05. The maximum absolute atomic E-state index is 12.1. The summed E-state index contributed by atoms with van der Waals surface area (Å²) in [5.74, 6) is -0.0129. The molecule has 1 amide bonds. The van der Waals surface area contributed by atoms with Gasteiger partial charge in [0, 0.05) is 28.9 Å². The summed E-state index contributed by atoms with van der Waals surface area (Å²) in [6.07, 6.45) is 2.39. The third-order valence-electron chi connectivity index (χ3n) is 3.37. The number of rotatable bonds is 4. The second-order valence-corrected chi connectivity index (χ2v) is 5.61. The van der Waals surface area contributed by atoms with Gasteiger partial charge < -0.3 is 5.32 Å². The summed E-state index contributed by atoms with van der Waals surface area (Å²) in [5, 5.41) is 7.25. The van der Waals surface area contributed by atoms with Crippen molar-refractivity contribution in [2.45, 2.75) is 25.2 Å². The van der Waals surface area contributed by atoms with Gasteiger partial charge in [0.1, 0.15) is 0 Å². The van der Waals surface area contributed by atoms with Gasteiger partial charge in [0.15, 0.2) is 0 Å². The quantitative estimate of drug-likeness (QED) is 0.880. The van der Waals surface area contributed by atoms with Gasteiger partial charge >= 0.3 is 0 Å². The van der Waals surface area contributed by atoms with Crippen LogP contribution >= 0.6 is 11.8 Å². The molecule has 1 heterocycles. The van der Waals surface area contributed by atoms with Crippen LogP contribution in [-0.4, -0.2) is 21.9 Å². The number of amides is 1. The number of hydrogen-bond acceptors (Lipinski definition) is 3. The van der Waals surface area contributed by atoms with Crippen molar-refractivity contribution < 1.29 is 4.79 Å². The zero-order chi connectivity index (χ0) is 14.7. The van der Waals surface area contributed by atoms with Crippen LogP contribution in [0.25, 0.3) is 0 Å². The molecule has 106 valence electrons. The molecule has 0 aliphatic heterocycles. The Bertz CT molecular complexity index is 617. The number of nitrogens with one attached hydrogen (secondary N) is 1. The Labute approximate surface area is 123 Å². The molecule has 0 fully saturated rings. The van der Waals surface area contributed by atoms with E-state index in [1.165, 1.54) is 4.90 Å². The van der Waals surface area contributed by atoms with Gasteiger partial charge in [0.05, 0.1) is 12.1 Å². The van der Waals surface area contributed by atoms with Crippen LogP contribution in [0.3, 0.4) is 0 Å². The first-order chi connectivity index (χ1) is 9.51. The van der Waals surface area contributed by atoms with Crippen LogP contribution < -0.4 is 5.32 Å². The number of carbonyl (C=O) groups is 1. The van der Waals surface area contributed by atoms with E-state index in [-0.39, 0.29) is 5.91 Å². The smallest absolute Gasteiger partial charge is 0.228 e. The van der Waals surface area contributed by atoms with Crippen LogP contribution in [0.5, 0.6) is 0 Å². The van der Waals surface area contributed by atoms with E-state index in [0.29, 0.717) is 6.42 Å². The van der Waals surface area contributed by atoms with Crippen LogP contribution in [0.4, 0.5) is 5.69 Å². The predicted octanol–water partition coefficient (Wildman–Crippen LogP) is 2.94. The SMILES string of the molecule is CSc1ccc(NC(=O)Cc2c(C)nn(C)c2C)cc1. The second-order valence-electron chi connectivity index (χ2n) is 4.73. The van der Waals surface area contributed by atoms with Gasteiger partial charge in [-0.05, 0) is 44.4 Å². The Hall–Kier alpha value is -1.75. The number of anilines is 1. The fourth-order valence-electron chi connectivity index (χ4n) is 2.11. The molecule has 1 N–H and O–H groups in total. The lowest BCUT2D eigenvalue weighted by Gasteiger charge is -2.06. The van der Waals surface area contributed by atoms with Crippen molar-refractivity contribution in [3.63, 3.8) is 0 Å². The topological polar surface area (TPSA) is 46.9 Å². The number of thioether (sulfide) groups is 1. The summed E-state index contributed by atoms with van der Waals surface area (Å²) >= 11 is 1.68.